The van der Waals surface area contributed by atoms with Crippen molar-refractivity contribution in [1.82, 2.24) is 4.90 Å². The molecule has 0 amide bonds. The van der Waals surface area contributed by atoms with Crippen molar-refractivity contribution in [1.29, 1.82) is 0 Å². The van der Waals surface area contributed by atoms with Gasteiger partial charge in [-0.25, -0.2) is 0 Å². The fourth-order valence-electron chi connectivity index (χ4n) is 2.99. The molecule has 2 rings (SSSR count). The fraction of sp³-hybridized carbons (Fsp3) is 0.667. The zero-order chi connectivity index (χ0) is 14.5. The van der Waals surface area contributed by atoms with Crippen molar-refractivity contribution in [2.75, 3.05) is 13.1 Å². The molecule has 0 saturated carbocycles. The number of benzene rings is 1. The molecule has 1 unspecified atom stereocenters. The Balaban J connectivity index is 1.75. The molecule has 1 aromatic rings. The fourth-order valence-corrected chi connectivity index (χ4v) is 2.99. The molecule has 1 fully saturated rings. The molecule has 112 valence electrons. The van der Waals surface area contributed by atoms with E-state index in [4.69, 9.17) is 5.73 Å². The first-order valence-electron chi connectivity index (χ1n) is 8.08. The summed E-state index contributed by atoms with van der Waals surface area (Å²) in [5.41, 5.74) is 8.99. The standard InChI is InChI=1S/C18H30N2/c1-14(2)18(19)12-16-8-10-20(11-9-16)13-17-6-4-15(3)5-7-17/h4-7,14,16,18H,8-13,19H2,1-3H3. The van der Waals surface area contributed by atoms with Gasteiger partial charge in [0.15, 0.2) is 0 Å². The summed E-state index contributed by atoms with van der Waals surface area (Å²) in [5.74, 6) is 1.45. The first kappa shape index (κ1) is 15.5. The maximum atomic E-state index is 6.21. The van der Waals surface area contributed by atoms with Crippen molar-refractivity contribution in [2.45, 2.75) is 52.6 Å². The highest BCUT2D eigenvalue weighted by atomic mass is 15.1. The molecule has 0 bridgehead atoms. The van der Waals surface area contributed by atoms with Crippen LogP contribution in [0.2, 0.25) is 0 Å². The zero-order valence-corrected chi connectivity index (χ0v) is 13.3. The van der Waals surface area contributed by atoms with Gasteiger partial charge in [-0.2, -0.15) is 0 Å². The van der Waals surface area contributed by atoms with E-state index in [2.05, 4.69) is 49.9 Å². The van der Waals surface area contributed by atoms with Crippen LogP contribution >= 0.6 is 0 Å². The molecule has 0 aliphatic carbocycles. The van der Waals surface area contributed by atoms with Crippen LogP contribution in [0.5, 0.6) is 0 Å². The SMILES string of the molecule is Cc1ccc(CN2CCC(CC(N)C(C)C)CC2)cc1. The monoisotopic (exact) mass is 274 g/mol. The molecule has 1 aromatic carbocycles. The number of aryl methyl sites for hydroxylation is 1. The van der Waals surface area contributed by atoms with E-state index in [1.807, 2.05) is 0 Å². The maximum Gasteiger partial charge on any atom is 0.0233 e. The first-order valence-corrected chi connectivity index (χ1v) is 8.08. The highest BCUT2D eigenvalue weighted by Crippen LogP contribution is 2.24. The predicted molar refractivity (Wildman–Crippen MR) is 86.6 cm³/mol. The van der Waals surface area contributed by atoms with Crippen molar-refractivity contribution in [3.63, 3.8) is 0 Å². The van der Waals surface area contributed by atoms with Gasteiger partial charge in [-0.05, 0) is 56.7 Å². The lowest BCUT2D eigenvalue weighted by Gasteiger charge is -2.33. The van der Waals surface area contributed by atoms with Gasteiger partial charge in [0.2, 0.25) is 0 Å². The predicted octanol–water partition coefficient (Wildman–Crippen LogP) is 3.58. The van der Waals surface area contributed by atoms with Crippen LogP contribution in [0, 0.1) is 18.8 Å². The summed E-state index contributed by atoms with van der Waals surface area (Å²) < 4.78 is 0. The van der Waals surface area contributed by atoms with E-state index >= 15 is 0 Å². The summed E-state index contributed by atoms with van der Waals surface area (Å²) in [6.07, 6.45) is 3.83. The average Bonchev–Trinajstić information content (AvgIpc) is 2.43. The third kappa shape index (κ3) is 4.60. The number of rotatable bonds is 5. The summed E-state index contributed by atoms with van der Waals surface area (Å²) in [6.45, 7) is 10.2. The second-order valence-electron chi connectivity index (χ2n) is 6.85. The number of piperidine rings is 1. The molecule has 0 spiro atoms. The lowest BCUT2D eigenvalue weighted by atomic mass is 9.87. The molecule has 2 nitrogen and oxygen atoms in total. The quantitative estimate of drug-likeness (QED) is 0.889. The van der Waals surface area contributed by atoms with E-state index in [1.165, 1.54) is 43.5 Å². The van der Waals surface area contributed by atoms with Crippen LogP contribution in [0.3, 0.4) is 0 Å². The van der Waals surface area contributed by atoms with Crippen molar-refractivity contribution in [2.24, 2.45) is 17.6 Å². The van der Waals surface area contributed by atoms with Gasteiger partial charge in [0, 0.05) is 12.6 Å². The Labute approximate surface area is 124 Å². The van der Waals surface area contributed by atoms with E-state index in [0.29, 0.717) is 12.0 Å². The Kier molecular flexibility index (Phi) is 5.62. The molecule has 1 atom stereocenters. The lowest BCUT2D eigenvalue weighted by Crippen LogP contribution is -2.36. The molecular formula is C18H30N2. The summed E-state index contributed by atoms with van der Waals surface area (Å²) in [4.78, 5) is 2.59. The summed E-state index contributed by atoms with van der Waals surface area (Å²) in [6, 6.07) is 9.32. The minimum atomic E-state index is 0.378. The second kappa shape index (κ2) is 7.24. The average molecular weight is 274 g/mol. The van der Waals surface area contributed by atoms with Crippen LogP contribution in [0.25, 0.3) is 0 Å². The second-order valence-corrected chi connectivity index (χ2v) is 6.85. The van der Waals surface area contributed by atoms with Gasteiger partial charge in [-0.3, -0.25) is 4.90 Å². The minimum absolute atomic E-state index is 0.378. The normalized spacial score (nSPS) is 19.4. The molecule has 1 aliphatic rings. The highest BCUT2D eigenvalue weighted by molar-refractivity contribution is 5.21. The highest BCUT2D eigenvalue weighted by Gasteiger charge is 2.22. The van der Waals surface area contributed by atoms with Crippen molar-refractivity contribution in [3.05, 3.63) is 35.4 Å². The van der Waals surface area contributed by atoms with Crippen LogP contribution in [0.15, 0.2) is 24.3 Å². The third-order valence-corrected chi connectivity index (χ3v) is 4.70. The number of hydrogen-bond donors (Lipinski definition) is 1. The topological polar surface area (TPSA) is 29.3 Å². The van der Waals surface area contributed by atoms with Gasteiger partial charge in [0.05, 0.1) is 0 Å². The Morgan fingerprint density at radius 2 is 1.75 bits per heavy atom. The minimum Gasteiger partial charge on any atom is -0.327 e. The van der Waals surface area contributed by atoms with Crippen LogP contribution in [-0.2, 0) is 6.54 Å². The molecule has 2 heteroatoms. The van der Waals surface area contributed by atoms with Crippen molar-refractivity contribution < 1.29 is 0 Å². The van der Waals surface area contributed by atoms with Gasteiger partial charge in [-0.1, -0.05) is 43.7 Å². The van der Waals surface area contributed by atoms with E-state index in [9.17, 15) is 0 Å². The molecule has 1 saturated heterocycles. The zero-order valence-electron chi connectivity index (χ0n) is 13.3. The molecule has 1 heterocycles. The van der Waals surface area contributed by atoms with Gasteiger partial charge < -0.3 is 5.73 Å². The van der Waals surface area contributed by atoms with Gasteiger partial charge in [0.25, 0.3) is 0 Å². The Morgan fingerprint density at radius 1 is 1.15 bits per heavy atom. The number of likely N-dealkylation sites (tertiary alicyclic amines) is 1. The Hall–Kier alpha value is -0.860. The Bertz CT molecular complexity index is 388. The van der Waals surface area contributed by atoms with Gasteiger partial charge in [-0.15, -0.1) is 0 Å². The largest absolute Gasteiger partial charge is 0.327 e. The Morgan fingerprint density at radius 3 is 2.30 bits per heavy atom. The van der Waals surface area contributed by atoms with Crippen LogP contribution in [0.1, 0.15) is 44.2 Å². The molecular weight excluding hydrogens is 244 g/mol. The van der Waals surface area contributed by atoms with E-state index in [-0.39, 0.29) is 0 Å². The van der Waals surface area contributed by atoms with Gasteiger partial charge in [0.1, 0.15) is 0 Å². The van der Waals surface area contributed by atoms with Crippen molar-refractivity contribution >= 4 is 0 Å². The summed E-state index contributed by atoms with van der Waals surface area (Å²) in [5, 5.41) is 0. The lowest BCUT2D eigenvalue weighted by molar-refractivity contribution is 0.163. The first-order chi connectivity index (χ1) is 9.54. The molecule has 0 aromatic heterocycles. The van der Waals surface area contributed by atoms with E-state index < -0.39 is 0 Å². The van der Waals surface area contributed by atoms with E-state index in [0.717, 1.165) is 12.5 Å². The number of hydrogen-bond acceptors (Lipinski definition) is 2. The van der Waals surface area contributed by atoms with Crippen LogP contribution in [-0.4, -0.2) is 24.0 Å². The van der Waals surface area contributed by atoms with Gasteiger partial charge >= 0.3 is 0 Å². The molecule has 1 aliphatic heterocycles. The third-order valence-electron chi connectivity index (χ3n) is 4.70. The number of nitrogens with zero attached hydrogens (tertiary/aromatic N) is 1. The maximum absolute atomic E-state index is 6.21. The molecule has 20 heavy (non-hydrogen) atoms. The summed E-state index contributed by atoms with van der Waals surface area (Å²) >= 11 is 0. The molecule has 2 N–H and O–H groups in total. The van der Waals surface area contributed by atoms with E-state index in [1.54, 1.807) is 0 Å². The van der Waals surface area contributed by atoms with Crippen LogP contribution < -0.4 is 5.73 Å². The van der Waals surface area contributed by atoms with Crippen molar-refractivity contribution in [3.8, 4) is 0 Å². The smallest absolute Gasteiger partial charge is 0.0233 e. The van der Waals surface area contributed by atoms with Crippen LogP contribution in [0.4, 0.5) is 0 Å². The number of nitrogens with two attached hydrogens (primary N) is 1. The summed E-state index contributed by atoms with van der Waals surface area (Å²) in [7, 11) is 0. The molecule has 0 radical (unpaired) electrons.